The van der Waals surface area contributed by atoms with Gasteiger partial charge < -0.3 is 19.5 Å². The van der Waals surface area contributed by atoms with Crippen LogP contribution in [0.1, 0.15) is 44.5 Å². The van der Waals surface area contributed by atoms with Crippen LogP contribution in [0.3, 0.4) is 0 Å². The lowest BCUT2D eigenvalue weighted by molar-refractivity contribution is -0.158. The molecular weight excluding hydrogens is 513 g/mol. The number of benzene rings is 2. The Morgan fingerprint density at radius 2 is 1.67 bits per heavy atom. The number of alkyl halides is 3. The Morgan fingerprint density at radius 3 is 2.23 bits per heavy atom. The van der Waals surface area contributed by atoms with Gasteiger partial charge in [0.05, 0.1) is 29.2 Å². The minimum atomic E-state index is -4.41. The minimum Gasteiger partial charge on any atom is -0.481 e. The van der Waals surface area contributed by atoms with Crippen LogP contribution in [-0.4, -0.2) is 35.2 Å². The lowest BCUT2D eigenvalue weighted by Crippen LogP contribution is -2.39. The van der Waals surface area contributed by atoms with Crippen molar-refractivity contribution in [2.75, 3.05) is 11.9 Å². The summed E-state index contributed by atoms with van der Waals surface area (Å²) in [5.41, 5.74) is 0.739. The van der Waals surface area contributed by atoms with Crippen molar-refractivity contribution in [2.45, 2.75) is 59.4 Å². The summed E-state index contributed by atoms with van der Waals surface area (Å²) in [6, 6.07) is 13.0. The van der Waals surface area contributed by atoms with Crippen LogP contribution in [0.2, 0.25) is 0 Å². The van der Waals surface area contributed by atoms with Gasteiger partial charge in [-0.05, 0) is 89.6 Å². The van der Waals surface area contributed by atoms with Gasteiger partial charge in [0, 0.05) is 5.56 Å². The first-order chi connectivity index (χ1) is 18.2. The number of carbonyl (C=O) groups is 2. The molecule has 3 aromatic rings. The number of hydrogen-bond donors (Lipinski definition) is 1. The largest absolute Gasteiger partial charge is 0.481 e. The molecule has 3 rings (SSSR count). The third-order valence-corrected chi connectivity index (χ3v) is 5.81. The Kier molecular flexibility index (Phi) is 8.88. The first kappa shape index (κ1) is 29.5. The van der Waals surface area contributed by atoms with Crippen LogP contribution in [0, 0.1) is 13.8 Å². The topological polar surface area (TPSA) is 86.8 Å². The second kappa shape index (κ2) is 11.8. The highest BCUT2D eigenvalue weighted by Gasteiger charge is 2.32. The number of esters is 1. The summed E-state index contributed by atoms with van der Waals surface area (Å²) in [4.78, 5) is 29.3. The van der Waals surface area contributed by atoms with E-state index in [0.717, 1.165) is 12.1 Å². The molecule has 0 fully saturated rings. The Morgan fingerprint density at radius 1 is 1.00 bits per heavy atom. The number of nitrogens with one attached hydrogen (secondary N) is 1. The molecule has 208 valence electrons. The number of hydrogen-bond acceptors (Lipinski definition) is 6. The second-order valence-electron chi connectivity index (χ2n) is 9.41. The zero-order chi connectivity index (χ0) is 29.0. The second-order valence-corrected chi connectivity index (χ2v) is 9.41. The standard InChI is InChI=1S/C29H31F3N2O5/c1-7-37-27(36)28(5,6)39-25-15-12-22(16-17(25)2)38-19(4)26(35)34-23-13-14-24(33-18(23)3)20-8-10-21(11-9-20)29(30,31)32/h8-16,19H,7H2,1-6H3,(H,34,35). The lowest BCUT2D eigenvalue weighted by atomic mass is 10.1. The van der Waals surface area contributed by atoms with Gasteiger partial charge in [0.1, 0.15) is 11.5 Å². The molecule has 0 spiro atoms. The third kappa shape index (κ3) is 7.49. The smallest absolute Gasteiger partial charge is 0.416 e. The molecule has 1 N–H and O–H groups in total. The molecule has 39 heavy (non-hydrogen) atoms. The van der Waals surface area contributed by atoms with E-state index in [1.165, 1.54) is 12.1 Å². The predicted octanol–water partition coefficient (Wildman–Crippen LogP) is 6.51. The molecule has 0 aliphatic rings. The third-order valence-electron chi connectivity index (χ3n) is 5.81. The fraction of sp³-hybridized carbons (Fsp3) is 0.345. The van der Waals surface area contributed by atoms with Gasteiger partial charge in [0.2, 0.25) is 0 Å². The zero-order valence-corrected chi connectivity index (χ0v) is 22.6. The molecule has 7 nitrogen and oxygen atoms in total. The molecule has 0 aliphatic heterocycles. The van der Waals surface area contributed by atoms with E-state index in [9.17, 15) is 22.8 Å². The van der Waals surface area contributed by atoms with Crippen molar-refractivity contribution in [3.8, 4) is 22.8 Å². The van der Waals surface area contributed by atoms with Gasteiger partial charge in [-0.2, -0.15) is 13.2 Å². The summed E-state index contributed by atoms with van der Waals surface area (Å²) in [7, 11) is 0. The fourth-order valence-corrected chi connectivity index (χ4v) is 3.61. The molecule has 0 aliphatic carbocycles. The van der Waals surface area contributed by atoms with Crippen molar-refractivity contribution in [3.63, 3.8) is 0 Å². The number of pyridine rings is 1. The number of ether oxygens (including phenoxy) is 3. The molecule has 1 heterocycles. The van der Waals surface area contributed by atoms with Crippen LogP contribution in [0.5, 0.6) is 11.5 Å². The van der Waals surface area contributed by atoms with Crippen molar-refractivity contribution in [3.05, 3.63) is 71.4 Å². The molecule has 0 radical (unpaired) electrons. The number of aryl methyl sites for hydroxylation is 2. The summed E-state index contributed by atoms with van der Waals surface area (Å²) in [6.07, 6.45) is -5.27. The Bertz CT molecular complexity index is 1340. The molecule has 1 amide bonds. The molecule has 1 atom stereocenters. The average Bonchev–Trinajstić information content (AvgIpc) is 2.86. The molecule has 0 bridgehead atoms. The number of halogens is 3. The van der Waals surface area contributed by atoms with Crippen LogP contribution in [0.4, 0.5) is 18.9 Å². The van der Waals surface area contributed by atoms with Gasteiger partial charge in [-0.25, -0.2) is 4.79 Å². The fourth-order valence-electron chi connectivity index (χ4n) is 3.61. The van der Waals surface area contributed by atoms with Crippen molar-refractivity contribution in [1.29, 1.82) is 0 Å². The molecule has 2 aromatic carbocycles. The average molecular weight is 545 g/mol. The first-order valence-electron chi connectivity index (χ1n) is 12.3. The maximum atomic E-state index is 12.8. The van der Waals surface area contributed by atoms with E-state index in [-0.39, 0.29) is 6.61 Å². The van der Waals surface area contributed by atoms with Crippen LogP contribution in [0.25, 0.3) is 11.3 Å². The Labute approximate surface area is 225 Å². The normalized spacial score (nSPS) is 12.4. The van der Waals surface area contributed by atoms with Crippen LogP contribution in [-0.2, 0) is 20.5 Å². The summed E-state index contributed by atoms with van der Waals surface area (Å²) >= 11 is 0. The van der Waals surface area contributed by atoms with Crippen molar-refractivity contribution in [1.82, 2.24) is 4.98 Å². The number of nitrogens with zero attached hydrogens (tertiary/aromatic N) is 1. The summed E-state index contributed by atoms with van der Waals surface area (Å²) in [5, 5.41) is 2.77. The van der Waals surface area contributed by atoms with Gasteiger partial charge in [-0.15, -0.1) is 0 Å². The van der Waals surface area contributed by atoms with Crippen molar-refractivity contribution in [2.24, 2.45) is 0 Å². The summed E-state index contributed by atoms with van der Waals surface area (Å²) in [6.45, 7) is 10.3. The van der Waals surface area contributed by atoms with E-state index in [0.29, 0.717) is 39.7 Å². The Hall–Kier alpha value is -4.08. The van der Waals surface area contributed by atoms with E-state index < -0.39 is 35.3 Å². The van der Waals surface area contributed by atoms with Gasteiger partial charge in [-0.1, -0.05) is 12.1 Å². The van der Waals surface area contributed by atoms with E-state index in [1.54, 1.807) is 71.9 Å². The molecule has 0 saturated carbocycles. The van der Waals surface area contributed by atoms with Crippen LogP contribution < -0.4 is 14.8 Å². The number of carbonyl (C=O) groups excluding carboxylic acids is 2. The monoisotopic (exact) mass is 544 g/mol. The number of aromatic nitrogens is 1. The van der Waals surface area contributed by atoms with Gasteiger partial charge in [-0.3, -0.25) is 9.78 Å². The lowest BCUT2D eigenvalue weighted by Gasteiger charge is -2.25. The van der Waals surface area contributed by atoms with E-state index in [1.807, 2.05) is 0 Å². The van der Waals surface area contributed by atoms with Crippen LogP contribution >= 0.6 is 0 Å². The number of anilines is 1. The SMILES string of the molecule is CCOC(=O)C(C)(C)Oc1ccc(OC(C)C(=O)Nc2ccc(-c3ccc(C(F)(F)F)cc3)nc2C)cc1C. The zero-order valence-electron chi connectivity index (χ0n) is 22.6. The highest BCUT2D eigenvalue weighted by molar-refractivity contribution is 5.94. The Balaban J connectivity index is 1.64. The minimum absolute atomic E-state index is 0.246. The maximum Gasteiger partial charge on any atom is 0.416 e. The molecule has 1 unspecified atom stereocenters. The van der Waals surface area contributed by atoms with E-state index >= 15 is 0 Å². The maximum absolute atomic E-state index is 12.8. The summed E-state index contributed by atoms with van der Waals surface area (Å²) in [5.74, 6) is 0.0204. The highest BCUT2D eigenvalue weighted by atomic mass is 19.4. The van der Waals surface area contributed by atoms with Crippen molar-refractivity contribution < 1.29 is 37.0 Å². The van der Waals surface area contributed by atoms with Gasteiger partial charge in [0.25, 0.3) is 5.91 Å². The summed E-state index contributed by atoms with van der Waals surface area (Å²) < 4.78 is 55.2. The van der Waals surface area contributed by atoms with E-state index in [2.05, 4.69) is 10.3 Å². The van der Waals surface area contributed by atoms with Crippen molar-refractivity contribution >= 4 is 17.6 Å². The van der Waals surface area contributed by atoms with E-state index in [4.69, 9.17) is 14.2 Å². The first-order valence-corrected chi connectivity index (χ1v) is 12.3. The quantitative estimate of drug-likeness (QED) is 0.309. The van der Waals surface area contributed by atoms with Crippen LogP contribution in [0.15, 0.2) is 54.6 Å². The van der Waals surface area contributed by atoms with Gasteiger partial charge >= 0.3 is 12.1 Å². The molecule has 0 saturated heterocycles. The molecular formula is C29H31F3N2O5. The number of amides is 1. The molecule has 1 aromatic heterocycles. The number of rotatable bonds is 9. The predicted molar refractivity (Wildman–Crippen MR) is 141 cm³/mol. The highest BCUT2D eigenvalue weighted by Crippen LogP contribution is 2.31. The van der Waals surface area contributed by atoms with Gasteiger partial charge in [0.15, 0.2) is 11.7 Å². The molecule has 10 heteroatoms.